The smallest absolute Gasteiger partial charge is 0.259 e. The van der Waals surface area contributed by atoms with Crippen LogP contribution in [0.3, 0.4) is 0 Å². The molecule has 0 radical (unpaired) electrons. The van der Waals surface area contributed by atoms with Crippen LogP contribution in [0.15, 0.2) is 11.2 Å². The van der Waals surface area contributed by atoms with Gasteiger partial charge < -0.3 is 5.11 Å². The van der Waals surface area contributed by atoms with E-state index in [0.717, 1.165) is 12.8 Å². The molecule has 1 aliphatic carbocycles. The number of aryl methyl sites for hydroxylation is 1. The van der Waals surface area contributed by atoms with Crippen molar-refractivity contribution in [2.24, 2.45) is 7.05 Å². The molecule has 2 N–H and O–H groups in total. The molecule has 1 aliphatic rings. The fraction of sp³-hybridized carbons (Fsp3) is 0.700. The van der Waals surface area contributed by atoms with Crippen LogP contribution < -0.4 is 4.72 Å². The first-order chi connectivity index (χ1) is 8.34. The van der Waals surface area contributed by atoms with E-state index < -0.39 is 15.6 Å². The van der Waals surface area contributed by atoms with Crippen molar-refractivity contribution in [3.05, 3.63) is 11.2 Å². The molecule has 1 fully saturated rings. The van der Waals surface area contributed by atoms with Gasteiger partial charge in [-0.3, -0.25) is 4.68 Å². The van der Waals surface area contributed by atoms with Crippen LogP contribution in [-0.4, -0.2) is 35.5 Å². The van der Waals surface area contributed by atoms with Crippen LogP contribution in [0.25, 0.3) is 0 Å². The molecule has 0 amide bonds. The van der Waals surface area contributed by atoms with Crippen LogP contribution in [0, 0.1) is 0 Å². The molecule has 18 heavy (non-hydrogen) atoms. The molecule has 0 saturated heterocycles. The van der Waals surface area contributed by atoms with Crippen LogP contribution in [0.5, 0.6) is 0 Å². The van der Waals surface area contributed by atoms with E-state index in [4.69, 9.17) is 11.6 Å². The molecular formula is C10H16ClN3O3S. The van der Waals surface area contributed by atoms with Gasteiger partial charge in [0.15, 0.2) is 5.03 Å². The average molecular weight is 294 g/mol. The predicted octanol–water partition coefficient (Wildman–Crippen LogP) is 0.657. The number of nitrogens with zero attached hydrogens (tertiary/aromatic N) is 2. The van der Waals surface area contributed by atoms with Crippen molar-refractivity contribution in [3.63, 3.8) is 0 Å². The maximum atomic E-state index is 12.1. The molecule has 6 nitrogen and oxygen atoms in total. The monoisotopic (exact) mass is 293 g/mol. The van der Waals surface area contributed by atoms with Crippen molar-refractivity contribution in [1.29, 1.82) is 0 Å². The van der Waals surface area contributed by atoms with Gasteiger partial charge in [0.2, 0.25) is 0 Å². The molecule has 1 heterocycles. The Kier molecular flexibility index (Phi) is 3.68. The standard InChI is InChI=1S/C10H16ClN3O3S/c1-14-9(8(11)6-12-14)18(16,17)13-7-10(15)4-2-3-5-10/h6,13,15H,2-5,7H2,1H3. The van der Waals surface area contributed by atoms with Crippen LogP contribution in [-0.2, 0) is 17.1 Å². The Labute approximate surface area is 111 Å². The number of hydrogen-bond acceptors (Lipinski definition) is 4. The molecule has 1 aromatic heterocycles. The van der Waals surface area contributed by atoms with Crippen molar-refractivity contribution >= 4 is 21.6 Å². The second-order valence-corrected chi connectivity index (χ2v) is 6.77. The predicted molar refractivity (Wildman–Crippen MR) is 66.8 cm³/mol. The van der Waals surface area contributed by atoms with Gasteiger partial charge in [-0.25, -0.2) is 13.1 Å². The van der Waals surface area contributed by atoms with Crippen LogP contribution >= 0.6 is 11.6 Å². The highest BCUT2D eigenvalue weighted by atomic mass is 35.5. The Hall–Kier alpha value is -0.630. The van der Waals surface area contributed by atoms with E-state index in [1.165, 1.54) is 17.9 Å². The topological polar surface area (TPSA) is 84.2 Å². The molecule has 102 valence electrons. The quantitative estimate of drug-likeness (QED) is 0.854. The Balaban J connectivity index is 2.13. The lowest BCUT2D eigenvalue weighted by Gasteiger charge is -2.22. The number of halogens is 1. The van der Waals surface area contributed by atoms with Crippen molar-refractivity contribution in [2.45, 2.75) is 36.3 Å². The largest absolute Gasteiger partial charge is 0.389 e. The van der Waals surface area contributed by atoms with Crippen molar-refractivity contribution in [3.8, 4) is 0 Å². The molecule has 0 spiro atoms. The molecule has 0 aliphatic heterocycles. The first-order valence-electron chi connectivity index (χ1n) is 5.74. The van der Waals surface area contributed by atoms with Crippen molar-refractivity contribution in [2.75, 3.05) is 6.54 Å². The van der Waals surface area contributed by atoms with E-state index in [0.29, 0.717) is 12.8 Å². The van der Waals surface area contributed by atoms with Gasteiger partial charge in [0.1, 0.15) is 0 Å². The number of rotatable bonds is 4. The molecule has 0 unspecified atom stereocenters. The average Bonchev–Trinajstić information content (AvgIpc) is 2.85. The molecule has 1 aromatic rings. The highest BCUT2D eigenvalue weighted by molar-refractivity contribution is 7.89. The third-order valence-corrected chi connectivity index (χ3v) is 5.13. The fourth-order valence-electron chi connectivity index (χ4n) is 2.21. The number of hydrogen-bond donors (Lipinski definition) is 2. The van der Waals surface area contributed by atoms with Gasteiger partial charge in [-0.15, -0.1) is 0 Å². The second kappa shape index (κ2) is 4.80. The maximum Gasteiger partial charge on any atom is 0.259 e. The lowest BCUT2D eigenvalue weighted by Crippen LogP contribution is -2.41. The third-order valence-electron chi connectivity index (χ3n) is 3.22. The minimum atomic E-state index is -3.75. The summed E-state index contributed by atoms with van der Waals surface area (Å²) in [5.74, 6) is 0. The highest BCUT2D eigenvalue weighted by Gasteiger charge is 2.33. The zero-order chi connectivity index (χ0) is 13.4. The number of nitrogens with one attached hydrogen (secondary N) is 1. The summed E-state index contributed by atoms with van der Waals surface area (Å²) in [6.07, 6.45) is 4.36. The van der Waals surface area contributed by atoms with Crippen LogP contribution in [0.1, 0.15) is 25.7 Å². The summed E-state index contributed by atoms with van der Waals surface area (Å²) >= 11 is 5.79. The van der Waals surface area contributed by atoms with Crippen molar-refractivity contribution in [1.82, 2.24) is 14.5 Å². The van der Waals surface area contributed by atoms with Gasteiger partial charge in [0, 0.05) is 13.6 Å². The van der Waals surface area contributed by atoms with E-state index in [-0.39, 0.29) is 16.6 Å². The number of aromatic nitrogens is 2. The zero-order valence-electron chi connectivity index (χ0n) is 10.1. The molecule has 0 atom stereocenters. The lowest BCUT2D eigenvalue weighted by molar-refractivity contribution is 0.0531. The van der Waals surface area contributed by atoms with E-state index >= 15 is 0 Å². The Morgan fingerprint density at radius 2 is 2.17 bits per heavy atom. The molecule has 1 saturated carbocycles. The second-order valence-electron chi connectivity index (χ2n) is 4.68. The normalized spacial score (nSPS) is 19.3. The summed E-state index contributed by atoms with van der Waals surface area (Å²) in [4.78, 5) is 0. The molecule has 2 rings (SSSR count). The Morgan fingerprint density at radius 3 is 2.67 bits per heavy atom. The number of aliphatic hydroxyl groups is 1. The lowest BCUT2D eigenvalue weighted by atomic mass is 10.0. The van der Waals surface area contributed by atoms with Gasteiger partial charge in [0.05, 0.1) is 16.8 Å². The fourth-order valence-corrected chi connectivity index (χ4v) is 3.98. The summed E-state index contributed by atoms with van der Waals surface area (Å²) in [7, 11) is -2.24. The van der Waals surface area contributed by atoms with Crippen LogP contribution in [0.2, 0.25) is 5.02 Å². The van der Waals surface area contributed by atoms with Crippen LogP contribution in [0.4, 0.5) is 0 Å². The highest BCUT2D eigenvalue weighted by Crippen LogP contribution is 2.29. The van der Waals surface area contributed by atoms with Gasteiger partial charge >= 0.3 is 0 Å². The van der Waals surface area contributed by atoms with E-state index in [9.17, 15) is 13.5 Å². The minimum absolute atomic E-state index is 0.0108. The van der Waals surface area contributed by atoms with Gasteiger partial charge in [-0.05, 0) is 12.8 Å². The van der Waals surface area contributed by atoms with Crippen molar-refractivity contribution < 1.29 is 13.5 Å². The van der Waals surface area contributed by atoms with Gasteiger partial charge in [-0.1, -0.05) is 24.4 Å². The van der Waals surface area contributed by atoms with E-state index in [1.54, 1.807) is 0 Å². The number of sulfonamides is 1. The first-order valence-corrected chi connectivity index (χ1v) is 7.60. The molecule has 0 aromatic carbocycles. The maximum absolute atomic E-state index is 12.1. The van der Waals surface area contributed by atoms with E-state index in [2.05, 4.69) is 9.82 Å². The summed E-state index contributed by atoms with van der Waals surface area (Å²) < 4.78 is 27.7. The molecular weight excluding hydrogens is 278 g/mol. The van der Waals surface area contributed by atoms with E-state index in [1.807, 2.05) is 0 Å². The Bertz CT molecular complexity index is 515. The third kappa shape index (κ3) is 2.69. The summed E-state index contributed by atoms with van der Waals surface area (Å²) in [6.45, 7) is 0.0108. The molecule has 8 heteroatoms. The molecule has 0 bridgehead atoms. The SMILES string of the molecule is Cn1ncc(Cl)c1S(=O)(=O)NCC1(O)CCCC1. The zero-order valence-corrected chi connectivity index (χ0v) is 11.6. The summed E-state index contributed by atoms with van der Waals surface area (Å²) in [5, 5.41) is 13.9. The van der Waals surface area contributed by atoms with Gasteiger partial charge in [-0.2, -0.15) is 5.10 Å². The Morgan fingerprint density at radius 1 is 1.56 bits per heavy atom. The minimum Gasteiger partial charge on any atom is -0.389 e. The summed E-state index contributed by atoms with van der Waals surface area (Å²) in [6, 6.07) is 0. The first kappa shape index (κ1) is 13.8. The van der Waals surface area contributed by atoms with Gasteiger partial charge in [0.25, 0.3) is 10.0 Å². The summed E-state index contributed by atoms with van der Waals surface area (Å²) in [5.41, 5.74) is -0.932.